The summed E-state index contributed by atoms with van der Waals surface area (Å²) in [5.74, 6) is 1.64. The third kappa shape index (κ3) is 3.69. The fourth-order valence-corrected chi connectivity index (χ4v) is 2.25. The van der Waals surface area contributed by atoms with Crippen LogP contribution in [0.5, 0.6) is 5.75 Å². The predicted molar refractivity (Wildman–Crippen MR) is 67.2 cm³/mol. The van der Waals surface area contributed by atoms with Crippen LogP contribution in [0, 0.1) is 5.92 Å². The monoisotopic (exact) mass is 239 g/mol. The highest BCUT2D eigenvalue weighted by molar-refractivity contribution is 6.30. The lowest BCUT2D eigenvalue weighted by Crippen LogP contribution is -2.30. The Morgan fingerprint density at radius 2 is 2.38 bits per heavy atom. The van der Waals surface area contributed by atoms with Gasteiger partial charge in [0.05, 0.1) is 6.61 Å². The normalized spacial score (nSPS) is 20.7. The molecule has 3 heteroatoms. The van der Waals surface area contributed by atoms with E-state index in [-0.39, 0.29) is 0 Å². The van der Waals surface area contributed by atoms with Crippen LogP contribution in [0.1, 0.15) is 19.3 Å². The molecule has 0 aromatic heterocycles. The van der Waals surface area contributed by atoms with E-state index in [0.29, 0.717) is 0 Å². The second kappa shape index (κ2) is 6.12. The van der Waals surface area contributed by atoms with E-state index < -0.39 is 0 Å². The molecule has 1 aliphatic rings. The van der Waals surface area contributed by atoms with Crippen molar-refractivity contribution in [1.29, 1.82) is 0 Å². The predicted octanol–water partition coefficient (Wildman–Crippen LogP) is 3.11. The summed E-state index contributed by atoms with van der Waals surface area (Å²) >= 11 is 5.88. The number of ether oxygens (including phenoxy) is 1. The average Bonchev–Trinajstić information content (AvgIpc) is 2.30. The second-order valence-electron chi connectivity index (χ2n) is 4.31. The summed E-state index contributed by atoms with van der Waals surface area (Å²) in [5.41, 5.74) is 0. The zero-order valence-corrected chi connectivity index (χ0v) is 10.2. The zero-order chi connectivity index (χ0) is 11.2. The van der Waals surface area contributed by atoms with Crippen molar-refractivity contribution >= 4 is 11.6 Å². The molecule has 1 aromatic carbocycles. The van der Waals surface area contributed by atoms with Gasteiger partial charge in [0.25, 0.3) is 0 Å². The Morgan fingerprint density at radius 1 is 1.44 bits per heavy atom. The Morgan fingerprint density at radius 3 is 3.12 bits per heavy atom. The minimum atomic E-state index is 0.733. The number of piperidine rings is 1. The van der Waals surface area contributed by atoms with Gasteiger partial charge in [0.15, 0.2) is 0 Å². The average molecular weight is 240 g/mol. The molecule has 2 nitrogen and oxygen atoms in total. The minimum Gasteiger partial charge on any atom is -0.494 e. The Balaban J connectivity index is 1.71. The van der Waals surface area contributed by atoms with Gasteiger partial charge in [0, 0.05) is 5.02 Å². The molecule has 0 aliphatic carbocycles. The third-order valence-corrected chi connectivity index (χ3v) is 3.22. The first kappa shape index (κ1) is 11.7. The lowest BCUT2D eigenvalue weighted by Gasteiger charge is -2.22. The molecule has 0 saturated carbocycles. The van der Waals surface area contributed by atoms with E-state index in [4.69, 9.17) is 16.3 Å². The SMILES string of the molecule is Clc1cccc(OCCC2CCCNC2)c1. The van der Waals surface area contributed by atoms with Crippen LogP contribution in [0.2, 0.25) is 5.02 Å². The van der Waals surface area contributed by atoms with Crippen molar-refractivity contribution in [3.05, 3.63) is 29.3 Å². The topological polar surface area (TPSA) is 21.3 Å². The lowest BCUT2D eigenvalue weighted by molar-refractivity contribution is 0.254. The smallest absolute Gasteiger partial charge is 0.120 e. The van der Waals surface area contributed by atoms with Crippen molar-refractivity contribution in [2.24, 2.45) is 5.92 Å². The maximum absolute atomic E-state index is 5.88. The highest BCUT2D eigenvalue weighted by atomic mass is 35.5. The molecule has 1 N–H and O–H groups in total. The maximum atomic E-state index is 5.88. The van der Waals surface area contributed by atoms with E-state index in [1.54, 1.807) is 0 Å². The van der Waals surface area contributed by atoms with Crippen molar-refractivity contribution in [2.75, 3.05) is 19.7 Å². The molecule has 2 rings (SSSR count). The van der Waals surface area contributed by atoms with Gasteiger partial charge in [-0.25, -0.2) is 0 Å². The van der Waals surface area contributed by atoms with Crippen molar-refractivity contribution in [2.45, 2.75) is 19.3 Å². The largest absolute Gasteiger partial charge is 0.494 e. The number of hydrogen-bond acceptors (Lipinski definition) is 2. The summed E-state index contributed by atoms with van der Waals surface area (Å²) in [7, 11) is 0. The zero-order valence-electron chi connectivity index (χ0n) is 9.42. The van der Waals surface area contributed by atoms with Crippen LogP contribution in [0.25, 0.3) is 0 Å². The van der Waals surface area contributed by atoms with Gasteiger partial charge in [-0.15, -0.1) is 0 Å². The van der Waals surface area contributed by atoms with E-state index in [1.807, 2.05) is 24.3 Å². The first-order valence-electron chi connectivity index (χ1n) is 5.94. The van der Waals surface area contributed by atoms with E-state index in [2.05, 4.69) is 5.32 Å². The highest BCUT2D eigenvalue weighted by Gasteiger charge is 2.12. The highest BCUT2D eigenvalue weighted by Crippen LogP contribution is 2.19. The Bertz CT molecular complexity index is 323. The lowest BCUT2D eigenvalue weighted by atomic mass is 9.97. The second-order valence-corrected chi connectivity index (χ2v) is 4.74. The van der Waals surface area contributed by atoms with E-state index in [0.717, 1.165) is 36.3 Å². The van der Waals surface area contributed by atoms with Gasteiger partial charge in [-0.1, -0.05) is 17.7 Å². The quantitative estimate of drug-likeness (QED) is 0.872. The summed E-state index contributed by atoms with van der Waals surface area (Å²) in [5, 5.41) is 4.15. The van der Waals surface area contributed by atoms with Crippen LogP contribution >= 0.6 is 11.6 Å². The van der Waals surface area contributed by atoms with Gasteiger partial charge < -0.3 is 10.1 Å². The van der Waals surface area contributed by atoms with Gasteiger partial charge in [-0.2, -0.15) is 0 Å². The van der Waals surface area contributed by atoms with Crippen LogP contribution in [0.4, 0.5) is 0 Å². The Labute approximate surface area is 102 Å². The molecule has 88 valence electrons. The summed E-state index contributed by atoms with van der Waals surface area (Å²) < 4.78 is 5.68. The summed E-state index contributed by atoms with van der Waals surface area (Å²) in [6.07, 6.45) is 3.74. The Kier molecular flexibility index (Phi) is 4.49. The maximum Gasteiger partial charge on any atom is 0.120 e. The molecule has 0 spiro atoms. The van der Waals surface area contributed by atoms with Gasteiger partial charge >= 0.3 is 0 Å². The molecule has 1 fully saturated rings. The van der Waals surface area contributed by atoms with Crippen LogP contribution in [0.15, 0.2) is 24.3 Å². The summed E-state index contributed by atoms with van der Waals surface area (Å²) in [6.45, 7) is 3.09. The number of rotatable bonds is 4. The van der Waals surface area contributed by atoms with Crippen molar-refractivity contribution in [1.82, 2.24) is 5.32 Å². The number of benzene rings is 1. The molecule has 1 heterocycles. The van der Waals surface area contributed by atoms with Gasteiger partial charge in [-0.05, 0) is 56.5 Å². The molecule has 1 unspecified atom stereocenters. The molecular weight excluding hydrogens is 222 g/mol. The van der Waals surface area contributed by atoms with Gasteiger partial charge in [0.1, 0.15) is 5.75 Å². The number of hydrogen-bond donors (Lipinski definition) is 1. The van der Waals surface area contributed by atoms with E-state index in [1.165, 1.54) is 19.4 Å². The van der Waals surface area contributed by atoms with Crippen molar-refractivity contribution < 1.29 is 4.74 Å². The molecular formula is C13H18ClNO. The van der Waals surface area contributed by atoms with Gasteiger partial charge in [-0.3, -0.25) is 0 Å². The molecule has 1 aromatic rings. The summed E-state index contributed by atoms with van der Waals surface area (Å²) in [4.78, 5) is 0. The van der Waals surface area contributed by atoms with Gasteiger partial charge in [0.2, 0.25) is 0 Å². The minimum absolute atomic E-state index is 0.733. The number of halogens is 1. The summed E-state index contributed by atoms with van der Waals surface area (Å²) in [6, 6.07) is 7.59. The van der Waals surface area contributed by atoms with Crippen LogP contribution in [0.3, 0.4) is 0 Å². The first-order chi connectivity index (χ1) is 7.84. The van der Waals surface area contributed by atoms with Crippen LogP contribution < -0.4 is 10.1 Å². The molecule has 0 bridgehead atoms. The fourth-order valence-electron chi connectivity index (χ4n) is 2.07. The van der Waals surface area contributed by atoms with E-state index >= 15 is 0 Å². The standard InChI is InChI=1S/C13H18ClNO/c14-12-4-1-5-13(9-12)16-8-6-11-3-2-7-15-10-11/h1,4-5,9,11,15H,2-3,6-8,10H2. The van der Waals surface area contributed by atoms with E-state index in [9.17, 15) is 0 Å². The molecule has 16 heavy (non-hydrogen) atoms. The Hall–Kier alpha value is -0.730. The molecule has 1 atom stereocenters. The third-order valence-electron chi connectivity index (χ3n) is 2.99. The molecule has 1 aliphatic heterocycles. The molecule has 0 amide bonds. The fraction of sp³-hybridized carbons (Fsp3) is 0.538. The van der Waals surface area contributed by atoms with Crippen molar-refractivity contribution in [3.8, 4) is 5.75 Å². The van der Waals surface area contributed by atoms with Crippen molar-refractivity contribution in [3.63, 3.8) is 0 Å². The van der Waals surface area contributed by atoms with Crippen LogP contribution in [-0.2, 0) is 0 Å². The molecule has 1 saturated heterocycles. The molecule has 0 radical (unpaired) electrons. The van der Waals surface area contributed by atoms with Crippen LogP contribution in [-0.4, -0.2) is 19.7 Å². The number of nitrogens with one attached hydrogen (secondary N) is 1. The first-order valence-corrected chi connectivity index (χ1v) is 6.31.